The minimum absolute atomic E-state index is 0.0213. The van der Waals surface area contributed by atoms with E-state index in [2.05, 4.69) is 41.3 Å². The second kappa shape index (κ2) is 8.71. The Labute approximate surface area is 193 Å². The van der Waals surface area contributed by atoms with Crippen molar-refractivity contribution in [3.8, 4) is 11.5 Å². The van der Waals surface area contributed by atoms with Crippen LogP contribution in [0.1, 0.15) is 34.0 Å². The van der Waals surface area contributed by atoms with Crippen molar-refractivity contribution in [1.82, 2.24) is 14.3 Å². The summed E-state index contributed by atoms with van der Waals surface area (Å²) in [5.74, 6) is 1.47. The Morgan fingerprint density at radius 1 is 1.00 bits per heavy atom. The molecule has 3 heterocycles. The molecule has 6 nitrogen and oxygen atoms in total. The second-order valence-electron chi connectivity index (χ2n) is 8.46. The van der Waals surface area contributed by atoms with Gasteiger partial charge in [-0.2, -0.15) is 0 Å². The first kappa shape index (κ1) is 21.2. The fourth-order valence-electron chi connectivity index (χ4n) is 4.74. The normalized spacial score (nSPS) is 15.9. The SMILES string of the molecule is COc1cc2c(cc1OC)C(c1ccccc1)N(Cc1cc(=O)n3cc(C)ccc3n1)CC2. The Hall–Kier alpha value is -3.64. The van der Waals surface area contributed by atoms with Crippen LogP contribution >= 0.6 is 0 Å². The van der Waals surface area contributed by atoms with Gasteiger partial charge in [-0.1, -0.05) is 36.4 Å². The summed E-state index contributed by atoms with van der Waals surface area (Å²) in [5, 5.41) is 0. The Morgan fingerprint density at radius 3 is 2.52 bits per heavy atom. The second-order valence-corrected chi connectivity index (χ2v) is 8.46. The Morgan fingerprint density at radius 2 is 1.76 bits per heavy atom. The summed E-state index contributed by atoms with van der Waals surface area (Å²) >= 11 is 0. The molecule has 2 aromatic carbocycles. The quantitative estimate of drug-likeness (QED) is 0.465. The lowest BCUT2D eigenvalue weighted by molar-refractivity contribution is 0.201. The molecule has 0 N–H and O–H groups in total. The van der Waals surface area contributed by atoms with E-state index in [1.807, 2.05) is 31.3 Å². The van der Waals surface area contributed by atoms with Gasteiger partial charge in [-0.3, -0.25) is 14.1 Å². The van der Waals surface area contributed by atoms with Crippen molar-refractivity contribution in [3.63, 3.8) is 0 Å². The van der Waals surface area contributed by atoms with Gasteiger partial charge in [-0.05, 0) is 53.8 Å². The summed E-state index contributed by atoms with van der Waals surface area (Å²) in [4.78, 5) is 19.9. The van der Waals surface area contributed by atoms with E-state index in [0.717, 1.165) is 35.7 Å². The maximum atomic E-state index is 12.8. The van der Waals surface area contributed by atoms with Crippen molar-refractivity contribution in [1.29, 1.82) is 0 Å². The van der Waals surface area contributed by atoms with Gasteiger partial charge in [-0.25, -0.2) is 4.98 Å². The maximum absolute atomic E-state index is 12.8. The summed E-state index contributed by atoms with van der Waals surface area (Å²) < 4.78 is 12.8. The van der Waals surface area contributed by atoms with Crippen LogP contribution in [0, 0.1) is 6.92 Å². The summed E-state index contributed by atoms with van der Waals surface area (Å²) in [7, 11) is 3.33. The maximum Gasteiger partial charge on any atom is 0.258 e. The van der Waals surface area contributed by atoms with Crippen molar-refractivity contribution in [2.45, 2.75) is 25.9 Å². The number of hydrogen-bond donors (Lipinski definition) is 0. The van der Waals surface area contributed by atoms with E-state index >= 15 is 0 Å². The minimum atomic E-state index is -0.0567. The zero-order chi connectivity index (χ0) is 22.9. The van der Waals surface area contributed by atoms with Gasteiger partial charge in [0.15, 0.2) is 11.5 Å². The molecule has 0 spiro atoms. The Kier molecular flexibility index (Phi) is 5.60. The molecule has 0 aliphatic carbocycles. The van der Waals surface area contributed by atoms with Gasteiger partial charge in [0, 0.05) is 25.4 Å². The molecular formula is C27H27N3O3. The van der Waals surface area contributed by atoms with Gasteiger partial charge in [0.2, 0.25) is 0 Å². The van der Waals surface area contributed by atoms with Crippen LogP contribution in [0.3, 0.4) is 0 Å². The lowest BCUT2D eigenvalue weighted by atomic mass is 9.87. The van der Waals surface area contributed by atoms with Crippen molar-refractivity contribution in [3.05, 3.63) is 105 Å². The van der Waals surface area contributed by atoms with Crippen LogP contribution in [0.2, 0.25) is 0 Å². The van der Waals surface area contributed by atoms with Crippen LogP contribution in [0.15, 0.2) is 71.7 Å². The smallest absolute Gasteiger partial charge is 0.258 e. The minimum Gasteiger partial charge on any atom is -0.493 e. The summed E-state index contributed by atoms with van der Waals surface area (Å²) in [6, 6.07) is 20.2. The highest BCUT2D eigenvalue weighted by molar-refractivity contribution is 5.51. The van der Waals surface area contributed by atoms with Crippen LogP contribution in [0.5, 0.6) is 11.5 Å². The number of aromatic nitrogens is 2. The average Bonchev–Trinajstić information content (AvgIpc) is 2.84. The predicted octanol–water partition coefficient (Wildman–Crippen LogP) is 4.17. The van der Waals surface area contributed by atoms with E-state index in [-0.39, 0.29) is 11.6 Å². The lowest BCUT2D eigenvalue weighted by Gasteiger charge is -2.38. The molecule has 0 radical (unpaired) electrons. The highest BCUT2D eigenvalue weighted by Crippen LogP contribution is 2.41. The zero-order valence-electron chi connectivity index (χ0n) is 19.1. The Bertz CT molecular complexity index is 1360. The summed E-state index contributed by atoms with van der Waals surface area (Å²) in [6.45, 7) is 3.39. The molecule has 33 heavy (non-hydrogen) atoms. The highest BCUT2D eigenvalue weighted by atomic mass is 16.5. The molecule has 6 heteroatoms. The number of pyridine rings is 1. The topological polar surface area (TPSA) is 56.1 Å². The van der Waals surface area contributed by atoms with E-state index in [1.165, 1.54) is 16.7 Å². The van der Waals surface area contributed by atoms with Gasteiger partial charge in [0.25, 0.3) is 5.56 Å². The molecule has 0 saturated heterocycles. The lowest BCUT2D eigenvalue weighted by Crippen LogP contribution is -2.36. The molecule has 168 valence electrons. The first-order chi connectivity index (χ1) is 16.1. The fraction of sp³-hybridized carbons (Fsp3) is 0.259. The van der Waals surface area contributed by atoms with Crippen molar-refractivity contribution in [2.75, 3.05) is 20.8 Å². The molecule has 5 rings (SSSR count). The van der Waals surface area contributed by atoms with Crippen LogP contribution in [0.4, 0.5) is 0 Å². The third kappa shape index (κ3) is 3.98. The largest absolute Gasteiger partial charge is 0.493 e. The van der Waals surface area contributed by atoms with Crippen LogP contribution in [-0.4, -0.2) is 35.0 Å². The van der Waals surface area contributed by atoms with Crippen LogP contribution < -0.4 is 15.0 Å². The number of hydrogen-bond acceptors (Lipinski definition) is 5. The number of ether oxygens (including phenoxy) is 2. The van der Waals surface area contributed by atoms with Crippen LogP contribution in [0.25, 0.3) is 5.65 Å². The molecule has 4 aromatic rings. The number of fused-ring (bicyclic) bond motifs is 2. The molecule has 0 saturated carbocycles. The zero-order valence-corrected chi connectivity index (χ0v) is 19.1. The molecule has 0 fully saturated rings. The average molecular weight is 442 g/mol. The summed E-state index contributed by atoms with van der Waals surface area (Å²) in [5.41, 5.74) is 6.05. The number of benzene rings is 2. The fourth-order valence-corrected chi connectivity index (χ4v) is 4.74. The number of aryl methyl sites for hydroxylation is 1. The number of rotatable bonds is 5. The standard InChI is InChI=1S/C27H27N3O3/c1-18-9-10-25-28-21(14-26(31)30(25)16-18)17-29-12-11-20-13-23(32-2)24(33-3)15-22(20)27(29)19-7-5-4-6-8-19/h4-10,13-16,27H,11-12,17H2,1-3H3. The van der Waals surface area contributed by atoms with E-state index in [0.29, 0.717) is 12.2 Å². The molecule has 1 unspecified atom stereocenters. The first-order valence-electron chi connectivity index (χ1n) is 11.1. The van der Waals surface area contributed by atoms with Gasteiger partial charge in [0.1, 0.15) is 5.65 Å². The van der Waals surface area contributed by atoms with Gasteiger partial charge in [-0.15, -0.1) is 0 Å². The highest BCUT2D eigenvalue weighted by Gasteiger charge is 2.30. The number of nitrogens with zero attached hydrogens (tertiary/aromatic N) is 3. The molecule has 1 aliphatic heterocycles. The molecule has 1 atom stereocenters. The van der Waals surface area contributed by atoms with Crippen molar-refractivity contribution >= 4 is 5.65 Å². The number of methoxy groups -OCH3 is 2. The molecule has 0 bridgehead atoms. The third-order valence-corrected chi connectivity index (χ3v) is 6.31. The van der Waals surface area contributed by atoms with E-state index < -0.39 is 0 Å². The van der Waals surface area contributed by atoms with Crippen molar-refractivity contribution in [2.24, 2.45) is 0 Å². The van der Waals surface area contributed by atoms with Gasteiger partial charge in [0.05, 0.1) is 26.0 Å². The van der Waals surface area contributed by atoms with E-state index in [1.54, 1.807) is 24.7 Å². The monoisotopic (exact) mass is 441 g/mol. The molecule has 0 amide bonds. The first-order valence-corrected chi connectivity index (χ1v) is 11.1. The van der Waals surface area contributed by atoms with E-state index in [4.69, 9.17) is 14.5 Å². The summed E-state index contributed by atoms with van der Waals surface area (Å²) in [6.07, 6.45) is 2.71. The Balaban J connectivity index is 1.58. The molecule has 1 aliphatic rings. The molecule has 2 aromatic heterocycles. The van der Waals surface area contributed by atoms with Crippen LogP contribution in [-0.2, 0) is 13.0 Å². The third-order valence-electron chi connectivity index (χ3n) is 6.31. The predicted molar refractivity (Wildman–Crippen MR) is 128 cm³/mol. The van der Waals surface area contributed by atoms with E-state index in [9.17, 15) is 4.79 Å². The van der Waals surface area contributed by atoms with Gasteiger partial charge >= 0.3 is 0 Å². The van der Waals surface area contributed by atoms with Gasteiger partial charge < -0.3 is 9.47 Å². The molecular weight excluding hydrogens is 414 g/mol. The van der Waals surface area contributed by atoms with Crippen molar-refractivity contribution < 1.29 is 9.47 Å².